The SMILES string of the molecule is N[C@@H](c1cccs1)c1cc(Cl)cc(Cl)c1O. The first-order chi connectivity index (χ1) is 7.59. The third-order valence-electron chi connectivity index (χ3n) is 2.24. The Hall–Kier alpha value is -0.740. The Morgan fingerprint density at radius 1 is 1.31 bits per heavy atom. The molecular weight excluding hydrogens is 265 g/mol. The van der Waals surface area contributed by atoms with E-state index in [0.717, 1.165) is 4.88 Å². The van der Waals surface area contributed by atoms with Crippen molar-refractivity contribution in [2.24, 2.45) is 5.73 Å². The summed E-state index contributed by atoms with van der Waals surface area (Å²) in [7, 11) is 0. The van der Waals surface area contributed by atoms with E-state index < -0.39 is 6.04 Å². The van der Waals surface area contributed by atoms with E-state index in [0.29, 0.717) is 10.6 Å². The number of phenols is 1. The lowest BCUT2D eigenvalue weighted by Gasteiger charge is -2.13. The molecule has 0 amide bonds. The molecule has 0 fully saturated rings. The average Bonchev–Trinajstić information content (AvgIpc) is 2.75. The van der Waals surface area contributed by atoms with Crippen molar-refractivity contribution in [2.75, 3.05) is 0 Å². The van der Waals surface area contributed by atoms with E-state index in [1.165, 1.54) is 17.4 Å². The second-order valence-corrected chi connectivity index (χ2v) is 5.14. The number of rotatable bonds is 2. The summed E-state index contributed by atoms with van der Waals surface area (Å²) in [5, 5.41) is 12.4. The molecule has 0 saturated carbocycles. The minimum absolute atomic E-state index is 0.00744. The fourth-order valence-electron chi connectivity index (χ4n) is 1.44. The molecule has 1 atom stereocenters. The van der Waals surface area contributed by atoms with Gasteiger partial charge in [0.25, 0.3) is 0 Å². The van der Waals surface area contributed by atoms with E-state index in [4.69, 9.17) is 28.9 Å². The molecule has 0 aliphatic rings. The number of phenolic OH excluding ortho intramolecular Hbond substituents is 1. The lowest BCUT2D eigenvalue weighted by Crippen LogP contribution is -2.10. The lowest BCUT2D eigenvalue weighted by atomic mass is 10.1. The summed E-state index contributed by atoms with van der Waals surface area (Å²) < 4.78 is 0. The van der Waals surface area contributed by atoms with E-state index >= 15 is 0 Å². The molecule has 84 valence electrons. The molecule has 0 unspecified atom stereocenters. The highest BCUT2D eigenvalue weighted by Gasteiger charge is 2.17. The normalized spacial score (nSPS) is 12.7. The molecule has 5 heteroatoms. The van der Waals surface area contributed by atoms with Crippen molar-refractivity contribution in [3.05, 3.63) is 50.1 Å². The van der Waals surface area contributed by atoms with Crippen LogP contribution in [0.1, 0.15) is 16.5 Å². The van der Waals surface area contributed by atoms with E-state index in [1.54, 1.807) is 6.07 Å². The van der Waals surface area contributed by atoms with Crippen molar-refractivity contribution < 1.29 is 5.11 Å². The minimum Gasteiger partial charge on any atom is -0.506 e. The van der Waals surface area contributed by atoms with Gasteiger partial charge < -0.3 is 10.8 Å². The number of hydrogen-bond donors (Lipinski definition) is 2. The highest BCUT2D eigenvalue weighted by atomic mass is 35.5. The van der Waals surface area contributed by atoms with E-state index in [9.17, 15) is 5.11 Å². The molecule has 3 N–H and O–H groups in total. The topological polar surface area (TPSA) is 46.2 Å². The van der Waals surface area contributed by atoms with Crippen molar-refractivity contribution in [3.8, 4) is 5.75 Å². The van der Waals surface area contributed by atoms with Gasteiger partial charge in [0.2, 0.25) is 0 Å². The van der Waals surface area contributed by atoms with Crippen LogP contribution in [0.3, 0.4) is 0 Å². The minimum atomic E-state index is -0.406. The van der Waals surface area contributed by atoms with Crippen LogP contribution < -0.4 is 5.73 Å². The summed E-state index contributed by atoms with van der Waals surface area (Å²) in [6, 6.07) is 6.53. The summed E-state index contributed by atoms with van der Waals surface area (Å²) in [5.41, 5.74) is 6.57. The predicted octanol–water partition coefficient (Wildman–Crippen LogP) is 3.81. The monoisotopic (exact) mass is 273 g/mol. The maximum absolute atomic E-state index is 9.83. The van der Waals surface area contributed by atoms with Crippen molar-refractivity contribution in [3.63, 3.8) is 0 Å². The van der Waals surface area contributed by atoms with Gasteiger partial charge in [-0.1, -0.05) is 29.3 Å². The van der Waals surface area contributed by atoms with Crippen LogP contribution in [0.2, 0.25) is 10.0 Å². The summed E-state index contributed by atoms with van der Waals surface area (Å²) in [6.07, 6.45) is 0. The quantitative estimate of drug-likeness (QED) is 0.874. The highest BCUT2D eigenvalue weighted by Crippen LogP contribution is 2.37. The van der Waals surface area contributed by atoms with Gasteiger partial charge in [-0.3, -0.25) is 0 Å². The molecule has 16 heavy (non-hydrogen) atoms. The average molecular weight is 274 g/mol. The van der Waals surface area contributed by atoms with Crippen LogP contribution in [0.25, 0.3) is 0 Å². The van der Waals surface area contributed by atoms with E-state index in [-0.39, 0.29) is 10.8 Å². The van der Waals surface area contributed by atoms with Gasteiger partial charge in [0, 0.05) is 15.5 Å². The third-order valence-corrected chi connectivity index (χ3v) is 3.70. The van der Waals surface area contributed by atoms with Crippen LogP contribution in [0.15, 0.2) is 29.6 Å². The molecule has 0 radical (unpaired) electrons. The molecule has 1 aromatic heterocycles. The Morgan fingerprint density at radius 2 is 2.06 bits per heavy atom. The molecule has 0 bridgehead atoms. The van der Waals surface area contributed by atoms with Gasteiger partial charge in [-0.15, -0.1) is 11.3 Å². The van der Waals surface area contributed by atoms with E-state index in [1.807, 2.05) is 17.5 Å². The second-order valence-electron chi connectivity index (χ2n) is 3.32. The van der Waals surface area contributed by atoms with Crippen LogP contribution in [0, 0.1) is 0 Å². The molecular formula is C11H9Cl2NOS. The second kappa shape index (κ2) is 4.63. The van der Waals surface area contributed by atoms with Crippen LogP contribution in [0.4, 0.5) is 0 Å². The maximum Gasteiger partial charge on any atom is 0.139 e. The van der Waals surface area contributed by atoms with Gasteiger partial charge >= 0.3 is 0 Å². The molecule has 0 saturated heterocycles. The largest absolute Gasteiger partial charge is 0.506 e. The molecule has 2 nitrogen and oxygen atoms in total. The fraction of sp³-hybridized carbons (Fsp3) is 0.0909. The predicted molar refractivity (Wildman–Crippen MR) is 68.5 cm³/mol. The number of halogens is 2. The third kappa shape index (κ3) is 2.18. The summed E-state index contributed by atoms with van der Waals surface area (Å²) in [4.78, 5) is 0.952. The lowest BCUT2D eigenvalue weighted by molar-refractivity contribution is 0.466. The van der Waals surface area contributed by atoms with Crippen LogP contribution in [-0.2, 0) is 0 Å². The molecule has 1 heterocycles. The van der Waals surface area contributed by atoms with Gasteiger partial charge in [-0.2, -0.15) is 0 Å². The van der Waals surface area contributed by atoms with Gasteiger partial charge in [-0.25, -0.2) is 0 Å². The molecule has 1 aromatic carbocycles. The summed E-state index contributed by atoms with van der Waals surface area (Å²) in [5.74, 6) is -0.00744. The molecule has 0 aliphatic heterocycles. The first-order valence-corrected chi connectivity index (χ1v) is 6.20. The number of nitrogens with two attached hydrogens (primary N) is 1. The van der Waals surface area contributed by atoms with Crippen LogP contribution in [0.5, 0.6) is 5.75 Å². The number of aromatic hydroxyl groups is 1. The van der Waals surface area contributed by atoms with Crippen molar-refractivity contribution in [1.82, 2.24) is 0 Å². The number of hydrogen-bond acceptors (Lipinski definition) is 3. The maximum atomic E-state index is 9.83. The zero-order valence-corrected chi connectivity index (χ0v) is 10.5. The van der Waals surface area contributed by atoms with Crippen LogP contribution >= 0.6 is 34.5 Å². The Bertz CT molecular complexity index is 499. The Morgan fingerprint density at radius 3 is 2.69 bits per heavy atom. The zero-order valence-electron chi connectivity index (χ0n) is 8.15. The van der Waals surface area contributed by atoms with Crippen molar-refractivity contribution in [1.29, 1.82) is 0 Å². The van der Waals surface area contributed by atoms with Gasteiger partial charge in [0.15, 0.2) is 0 Å². The summed E-state index contributed by atoms with van der Waals surface area (Å²) >= 11 is 13.2. The number of benzene rings is 1. The van der Waals surface area contributed by atoms with Crippen molar-refractivity contribution in [2.45, 2.75) is 6.04 Å². The Labute approximate surface area is 107 Å². The fourth-order valence-corrected chi connectivity index (χ4v) is 2.70. The smallest absolute Gasteiger partial charge is 0.139 e. The van der Waals surface area contributed by atoms with Gasteiger partial charge in [-0.05, 0) is 23.6 Å². The molecule has 2 rings (SSSR count). The molecule has 0 spiro atoms. The first-order valence-electron chi connectivity index (χ1n) is 4.56. The Kier molecular flexibility index (Phi) is 3.40. The van der Waals surface area contributed by atoms with E-state index in [2.05, 4.69) is 0 Å². The first kappa shape index (κ1) is 11.7. The zero-order chi connectivity index (χ0) is 11.7. The van der Waals surface area contributed by atoms with Crippen LogP contribution in [-0.4, -0.2) is 5.11 Å². The van der Waals surface area contributed by atoms with Gasteiger partial charge in [0.05, 0.1) is 11.1 Å². The van der Waals surface area contributed by atoms with Crippen molar-refractivity contribution >= 4 is 34.5 Å². The summed E-state index contributed by atoms with van der Waals surface area (Å²) in [6.45, 7) is 0. The molecule has 2 aromatic rings. The highest BCUT2D eigenvalue weighted by molar-refractivity contribution is 7.10. The Balaban J connectivity index is 2.48. The molecule has 0 aliphatic carbocycles. The number of thiophene rings is 1. The van der Waals surface area contributed by atoms with Gasteiger partial charge in [0.1, 0.15) is 5.75 Å². The standard InChI is InChI=1S/C11H9Cl2NOS/c12-6-4-7(11(15)8(13)5-6)10(14)9-2-1-3-16-9/h1-5,10,15H,14H2/t10-/m1/s1.